The van der Waals surface area contributed by atoms with E-state index in [-0.39, 0.29) is 5.56 Å². The van der Waals surface area contributed by atoms with Gasteiger partial charge in [0, 0.05) is 0 Å². The van der Waals surface area contributed by atoms with Gasteiger partial charge in [-0.05, 0) is 18.2 Å². The van der Waals surface area contributed by atoms with Gasteiger partial charge in [0.2, 0.25) is 0 Å². The maximum atomic E-state index is 12.9. The molecule has 0 aromatic heterocycles. The molecule has 0 amide bonds. The molecule has 0 saturated heterocycles. The van der Waals surface area contributed by atoms with E-state index in [9.17, 15) is 41.1 Å². The van der Waals surface area contributed by atoms with Gasteiger partial charge in [0.25, 0.3) is 0 Å². The molecular weight excluding hydrogens is 415 g/mol. The summed E-state index contributed by atoms with van der Waals surface area (Å²) in [4.78, 5) is 41.4. The van der Waals surface area contributed by atoms with Crippen LogP contribution in [0, 0.1) is 29.1 Å². The molecule has 13 heteroatoms. The van der Waals surface area contributed by atoms with Crippen LogP contribution in [-0.2, 0) is 0 Å². The van der Waals surface area contributed by atoms with Gasteiger partial charge in [0.1, 0.15) is 16.9 Å². The van der Waals surface area contributed by atoms with Crippen LogP contribution in [0.25, 0.3) is 0 Å². The zero-order valence-corrected chi connectivity index (χ0v) is 13.5. The maximum Gasteiger partial charge on any atom is 0.339 e. The van der Waals surface area contributed by atoms with Gasteiger partial charge in [-0.25, -0.2) is 41.1 Å². The molecule has 4 N–H and O–H groups in total. The lowest BCUT2D eigenvalue weighted by Gasteiger charge is -2.06. The Balaban J connectivity index is 0.000000296. The quantitative estimate of drug-likeness (QED) is 0.334. The zero-order chi connectivity index (χ0) is 22.6. The van der Waals surface area contributed by atoms with Gasteiger partial charge in [0.15, 0.2) is 23.3 Å². The van der Waals surface area contributed by atoms with E-state index in [1.807, 2.05) is 0 Å². The van der Waals surface area contributed by atoms with Crippen molar-refractivity contribution in [2.75, 3.05) is 0 Å². The number of hydrogen-bond donors (Lipinski definition) is 4. The first kappa shape index (κ1) is 23.0. The molecule has 2 rings (SSSR count). The lowest BCUT2D eigenvalue weighted by Crippen LogP contribution is -2.17. The number of carbonyl (C=O) groups is 4. The topological polar surface area (TPSA) is 149 Å². The second-order valence-corrected chi connectivity index (χ2v) is 4.92. The van der Waals surface area contributed by atoms with Gasteiger partial charge in [-0.15, -0.1) is 0 Å². The van der Waals surface area contributed by atoms with Crippen LogP contribution in [0.4, 0.5) is 22.0 Å². The summed E-state index contributed by atoms with van der Waals surface area (Å²) in [5.41, 5.74) is -4.33. The number of aromatic carboxylic acids is 4. The highest BCUT2D eigenvalue weighted by Gasteiger charge is 2.32. The molecule has 8 nitrogen and oxygen atoms in total. The molecule has 0 aliphatic carbocycles. The van der Waals surface area contributed by atoms with Crippen LogP contribution >= 0.6 is 0 Å². The van der Waals surface area contributed by atoms with E-state index in [2.05, 4.69) is 0 Å². The van der Waals surface area contributed by atoms with E-state index in [1.54, 1.807) is 0 Å². The molecular formula is C16H7F5O8. The molecule has 29 heavy (non-hydrogen) atoms. The van der Waals surface area contributed by atoms with E-state index in [1.165, 1.54) is 0 Å². The first-order valence-electron chi connectivity index (χ1n) is 6.89. The van der Waals surface area contributed by atoms with E-state index < -0.39 is 69.7 Å². The number of rotatable bonds is 4. The fourth-order valence-corrected chi connectivity index (χ4v) is 1.85. The first-order chi connectivity index (χ1) is 13.3. The minimum absolute atomic E-state index is 0.275. The minimum Gasteiger partial charge on any atom is -0.478 e. The Morgan fingerprint density at radius 2 is 1.00 bits per heavy atom. The van der Waals surface area contributed by atoms with E-state index in [4.69, 9.17) is 20.4 Å². The van der Waals surface area contributed by atoms with Crippen LogP contribution in [0.1, 0.15) is 41.4 Å². The van der Waals surface area contributed by atoms with Crippen molar-refractivity contribution < 1.29 is 61.6 Å². The van der Waals surface area contributed by atoms with Crippen LogP contribution in [0.2, 0.25) is 0 Å². The highest BCUT2D eigenvalue weighted by atomic mass is 19.2. The molecule has 154 valence electrons. The molecule has 0 heterocycles. The second-order valence-electron chi connectivity index (χ2n) is 4.92. The second kappa shape index (κ2) is 8.77. The average Bonchev–Trinajstić information content (AvgIpc) is 2.62. The van der Waals surface area contributed by atoms with Crippen LogP contribution in [-0.4, -0.2) is 44.3 Å². The smallest absolute Gasteiger partial charge is 0.339 e. The molecule has 0 bridgehead atoms. The average molecular weight is 422 g/mol. The third-order valence-corrected chi connectivity index (χ3v) is 3.14. The van der Waals surface area contributed by atoms with Gasteiger partial charge >= 0.3 is 23.9 Å². The molecule has 0 saturated carbocycles. The van der Waals surface area contributed by atoms with Gasteiger partial charge in [0.05, 0.1) is 11.1 Å². The van der Waals surface area contributed by atoms with E-state index in [0.29, 0.717) is 6.07 Å². The lowest BCUT2D eigenvalue weighted by molar-refractivity contribution is 0.0639. The first-order valence-corrected chi connectivity index (χ1v) is 6.89. The third-order valence-electron chi connectivity index (χ3n) is 3.14. The van der Waals surface area contributed by atoms with Crippen molar-refractivity contribution in [2.24, 2.45) is 0 Å². The van der Waals surface area contributed by atoms with E-state index >= 15 is 0 Å². The molecule has 2 aromatic rings. The summed E-state index contributed by atoms with van der Waals surface area (Å²) in [6.45, 7) is 0. The highest BCUT2D eigenvalue weighted by Crippen LogP contribution is 2.24. The zero-order valence-electron chi connectivity index (χ0n) is 13.5. The van der Waals surface area contributed by atoms with Gasteiger partial charge in [-0.1, -0.05) is 0 Å². The van der Waals surface area contributed by atoms with Crippen LogP contribution in [0.3, 0.4) is 0 Å². The van der Waals surface area contributed by atoms with Crippen molar-refractivity contribution in [1.29, 1.82) is 0 Å². The SMILES string of the molecule is O=C(O)c1c(F)c(F)c(F)c(F)c1C(=O)O.O=C(O)c1ccc(C(=O)O)c(F)c1. The lowest BCUT2D eigenvalue weighted by atomic mass is 10.1. The molecule has 0 radical (unpaired) electrons. The Kier molecular flexibility index (Phi) is 6.96. The molecule has 0 atom stereocenters. The Morgan fingerprint density at radius 1 is 0.586 bits per heavy atom. The largest absolute Gasteiger partial charge is 0.478 e. The van der Waals surface area contributed by atoms with Crippen LogP contribution < -0.4 is 0 Å². The van der Waals surface area contributed by atoms with Gasteiger partial charge in [-0.3, -0.25) is 0 Å². The summed E-state index contributed by atoms with van der Waals surface area (Å²) in [6, 6.07) is 2.63. The summed E-state index contributed by atoms with van der Waals surface area (Å²) in [7, 11) is 0. The monoisotopic (exact) mass is 422 g/mol. The number of carboxylic acid groups (broad SMARTS) is 4. The standard InChI is InChI=1S/C8H2F4O4.C8H5FO4/c9-3-1(7(13)14)2(8(15)16)4(10)6(12)5(3)11;9-6-3-4(7(10)11)1-2-5(6)8(12)13/h(H,13,14)(H,15,16);1-3H,(H,10,11)(H,12,13). The molecule has 2 aromatic carbocycles. The Bertz CT molecular complexity index is 990. The fraction of sp³-hybridized carbons (Fsp3) is 0. The number of carboxylic acids is 4. The van der Waals surface area contributed by atoms with Crippen molar-refractivity contribution in [3.8, 4) is 0 Å². The van der Waals surface area contributed by atoms with Crippen molar-refractivity contribution in [2.45, 2.75) is 0 Å². The number of halogens is 5. The van der Waals surface area contributed by atoms with Crippen LogP contribution in [0.15, 0.2) is 18.2 Å². The Labute approximate surface area is 156 Å². The van der Waals surface area contributed by atoms with Gasteiger partial charge < -0.3 is 20.4 Å². The van der Waals surface area contributed by atoms with E-state index in [0.717, 1.165) is 12.1 Å². The molecule has 0 spiro atoms. The molecule has 0 aliphatic rings. The predicted molar refractivity (Wildman–Crippen MR) is 80.5 cm³/mol. The summed E-state index contributed by atoms with van der Waals surface area (Å²) in [5.74, 6) is -17.5. The number of benzene rings is 2. The van der Waals surface area contributed by atoms with Crippen molar-refractivity contribution in [1.82, 2.24) is 0 Å². The fourth-order valence-electron chi connectivity index (χ4n) is 1.85. The summed E-state index contributed by atoms with van der Waals surface area (Å²) in [5, 5.41) is 33.6. The Hall–Kier alpha value is -4.03. The van der Waals surface area contributed by atoms with Crippen molar-refractivity contribution >= 4 is 23.9 Å². The van der Waals surface area contributed by atoms with Gasteiger partial charge in [-0.2, -0.15) is 0 Å². The number of hydrogen-bond acceptors (Lipinski definition) is 4. The summed E-state index contributed by atoms with van der Waals surface area (Å²) < 4.78 is 63.8. The Morgan fingerprint density at radius 3 is 1.28 bits per heavy atom. The highest BCUT2D eigenvalue weighted by molar-refractivity contribution is 6.02. The van der Waals surface area contributed by atoms with Crippen molar-refractivity contribution in [3.05, 3.63) is 69.5 Å². The normalized spacial score (nSPS) is 9.97. The summed E-state index contributed by atoms with van der Waals surface area (Å²) in [6.07, 6.45) is 0. The maximum absolute atomic E-state index is 12.9. The minimum atomic E-state index is -2.38. The van der Waals surface area contributed by atoms with Crippen LogP contribution in [0.5, 0.6) is 0 Å². The predicted octanol–water partition coefficient (Wildman–Crippen LogP) is 2.86. The molecule has 0 fully saturated rings. The third kappa shape index (κ3) is 4.82. The summed E-state index contributed by atoms with van der Waals surface area (Å²) >= 11 is 0. The molecule has 0 unspecified atom stereocenters. The molecule has 0 aliphatic heterocycles. The van der Waals surface area contributed by atoms with Crippen molar-refractivity contribution in [3.63, 3.8) is 0 Å².